The van der Waals surface area contributed by atoms with Crippen molar-refractivity contribution in [3.8, 4) is 23.3 Å². The quantitative estimate of drug-likeness (QED) is 0.741. The van der Waals surface area contributed by atoms with Crippen molar-refractivity contribution < 1.29 is 14.2 Å². The predicted molar refractivity (Wildman–Crippen MR) is 89.6 cm³/mol. The van der Waals surface area contributed by atoms with Gasteiger partial charge in [-0.1, -0.05) is 11.6 Å². The van der Waals surface area contributed by atoms with Crippen LogP contribution in [0.25, 0.3) is 0 Å². The molecule has 4 nitrogen and oxygen atoms in total. The van der Waals surface area contributed by atoms with Crippen LogP contribution in [0.1, 0.15) is 16.7 Å². The molecule has 0 saturated carbocycles. The van der Waals surface area contributed by atoms with E-state index < -0.39 is 0 Å². The van der Waals surface area contributed by atoms with Crippen molar-refractivity contribution >= 4 is 11.6 Å². The molecule has 120 valence electrons. The molecular formula is C18H18ClNO3. The number of methoxy groups -OCH3 is 1. The fourth-order valence-electron chi connectivity index (χ4n) is 2.16. The molecular weight excluding hydrogens is 314 g/mol. The highest BCUT2D eigenvalue weighted by atomic mass is 35.5. The molecule has 0 aliphatic heterocycles. The number of halogens is 1. The number of nitriles is 1. The monoisotopic (exact) mass is 331 g/mol. The third kappa shape index (κ3) is 4.30. The third-order valence-corrected chi connectivity index (χ3v) is 3.91. The number of aryl methyl sites for hydroxylation is 2. The maximum absolute atomic E-state index is 8.88. The minimum absolute atomic E-state index is 0.364. The normalized spacial score (nSPS) is 10.0. The molecule has 0 radical (unpaired) electrons. The highest BCUT2D eigenvalue weighted by Gasteiger charge is 2.07. The molecule has 0 bridgehead atoms. The van der Waals surface area contributed by atoms with Crippen molar-refractivity contribution in [2.75, 3.05) is 20.3 Å². The summed E-state index contributed by atoms with van der Waals surface area (Å²) in [5.41, 5.74) is 2.49. The minimum atomic E-state index is 0.364. The lowest BCUT2D eigenvalue weighted by Crippen LogP contribution is -2.10. The van der Waals surface area contributed by atoms with Gasteiger partial charge in [0.15, 0.2) is 11.5 Å². The van der Waals surface area contributed by atoms with Gasteiger partial charge in [-0.3, -0.25) is 0 Å². The van der Waals surface area contributed by atoms with Crippen LogP contribution < -0.4 is 14.2 Å². The van der Waals surface area contributed by atoms with E-state index in [4.69, 9.17) is 31.1 Å². The maximum atomic E-state index is 8.88. The smallest absolute Gasteiger partial charge is 0.162 e. The van der Waals surface area contributed by atoms with Gasteiger partial charge in [-0.2, -0.15) is 5.26 Å². The molecule has 0 saturated heterocycles. The van der Waals surface area contributed by atoms with Gasteiger partial charge in [-0.25, -0.2) is 0 Å². The van der Waals surface area contributed by atoms with Crippen molar-refractivity contribution in [2.24, 2.45) is 0 Å². The number of ether oxygens (including phenoxy) is 3. The van der Waals surface area contributed by atoms with E-state index in [2.05, 4.69) is 6.07 Å². The summed E-state index contributed by atoms with van der Waals surface area (Å²) in [6.07, 6.45) is 0. The van der Waals surface area contributed by atoms with Gasteiger partial charge in [-0.15, -0.1) is 0 Å². The van der Waals surface area contributed by atoms with Crippen LogP contribution in [-0.4, -0.2) is 20.3 Å². The van der Waals surface area contributed by atoms with Crippen molar-refractivity contribution in [3.63, 3.8) is 0 Å². The average molecular weight is 332 g/mol. The van der Waals surface area contributed by atoms with E-state index in [0.717, 1.165) is 21.9 Å². The highest BCUT2D eigenvalue weighted by molar-refractivity contribution is 6.32. The number of nitrogens with zero attached hydrogens (tertiary/aromatic N) is 1. The van der Waals surface area contributed by atoms with Gasteiger partial charge in [-0.05, 0) is 49.2 Å². The van der Waals surface area contributed by atoms with Gasteiger partial charge in [0, 0.05) is 11.1 Å². The Morgan fingerprint density at radius 3 is 2.26 bits per heavy atom. The SMILES string of the molecule is COc1cc(C#N)ccc1OCCOc1cc(C)c(Cl)c(C)c1. The molecule has 0 spiro atoms. The minimum Gasteiger partial charge on any atom is -0.493 e. The van der Waals surface area contributed by atoms with Gasteiger partial charge in [0.1, 0.15) is 19.0 Å². The van der Waals surface area contributed by atoms with E-state index in [-0.39, 0.29) is 0 Å². The van der Waals surface area contributed by atoms with Crippen molar-refractivity contribution in [1.82, 2.24) is 0 Å². The molecule has 2 aromatic rings. The van der Waals surface area contributed by atoms with E-state index in [1.54, 1.807) is 25.3 Å². The molecule has 0 heterocycles. The molecule has 0 fully saturated rings. The molecule has 5 heteroatoms. The second-order valence-electron chi connectivity index (χ2n) is 5.05. The van der Waals surface area contributed by atoms with Crippen LogP contribution in [0.3, 0.4) is 0 Å². The van der Waals surface area contributed by atoms with Gasteiger partial charge < -0.3 is 14.2 Å². The lowest BCUT2D eigenvalue weighted by atomic mass is 10.1. The Labute approximate surface area is 141 Å². The first-order valence-electron chi connectivity index (χ1n) is 7.15. The van der Waals surface area contributed by atoms with E-state index in [0.29, 0.717) is 30.3 Å². The fourth-order valence-corrected chi connectivity index (χ4v) is 2.27. The van der Waals surface area contributed by atoms with Crippen LogP contribution in [0.4, 0.5) is 0 Å². The van der Waals surface area contributed by atoms with Crippen LogP contribution >= 0.6 is 11.6 Å². The third-order valence-electron chi connectivity index (χ3n) is 3.31. The van der Waals surface area contributed by atoms with Gasteiger partial charge in [0.2, 0.25) is 0 Å². The van der Waals surface area contributed by atoms with Crippen LogP contribution in [0.15, 0.2) is 30.3 Å². The number of benzene rings is 2. The first-order valence-corrected chi connectivity index (χ1v) is 7.53. The summed E-state index contributed by atoms with van der Waals surface area (Å²) in [6.45, 7) is 4.65. The highest BCUT2D eigenvalue weighted by Crippen LogP contribution is 2.28. The van der Waals surface area contributed by atoms with Crippen LogP contribution in [-0.2, 0) is 0 Å². The van der Waals surface area contributed by atoms with E-state index in [1.165, 1.54) is 0 Å². The average Bonchev–Trinajstić information content (AvgIpc) is 2.56. The zero-order chi connectivity index (χ0) is 16.8. The van der Waals surface area contributed by atoms with Gasteiger partial charge in [0.25, 0.3) is 0 Å². The summed E-state index contributed by atoms with van der Waals surface area (Å²) in [5, 5.41) is 9.64. The summed E-state index contributed by atoms with van der Waals surface area (Å²) in [4.78, 5) is 0. The summed E-state index contributed by atoms with van der Waals surface area (Å²) in [5.74, 6) is 1.88. The molecule has 23 heavy (non-hydrogen) atoms. The van der Waals surface area contributed by atoms with Crippen LogP contribution in [0.2, 0.25) is 5.02 Å². The Morgan fingerprint density at radius 2 is 1.65 bits per heavy atom. The Morgan fingerprint density at radius 1 is 1.00 bits per heavy atom. The number of hydrogen-bond acceptors (Lipinski definition) is 4. The van der Waals surface area contributed by atoms with E-state index in [1.807, 2.05) is 26.0 Å². The molecule has 0 aliphatic carbocycles. The first kappa shape index (κ1) is 17.0. The largest absolute Gasteiger partial charge is 0.493 e. The topological polar surface area (TPSA) is 51.5 Å². The second-order valence-corrected chi connectivity index (χ2v) is 5.42. The molecule has 0 amide bonds. The number of rotatable bonds is 6. The Hall–Kier alpha value is -2.38. The first-order chi connectivity index (χ1) is 11.0. The maximum Gasteiger partial charge on any atom is 0.162 e. The summed E-state index contributed by atoms with van der Waals surface area (Å²) in [6, 6.07) is 10.9. The standard InChI is InChI=1S/C18H18ClNO3/c1-12-8-15(9-13(2)18(12)19)22-6-7-23-16-5-4-14(11-20)10-17(16)21-3/h4-5,8-10H,6-7H2,1-3H3. The van der Waals surface area contributed by atoms with Crippen LogP contribution in [0, 0.1) is 25.2 Å². The van der Waals surface area contributed by atoms with Crippen molar-refractivity contribution in [2.45, 2.75) is 13.8 Å². The van der Waals surface area contributed by atoms with Gasteiger partial charge >= 0.3 is 0 Å². The number of hydrogen-bond donors (Lipinski definition) is 0. The summed E-state index contributed by atoms with van der Waals surface area (Å²) >= 11 is 6.13. The second kappa shape index (κ2) is 7.75. The zero-order valence-electron chi connectivity index (χ0n) is 13.4. The molecule has 2 rings (SSSR count). The Bertz CT molecular complexity index is 715. The van der Waals surface area contributed by atoms with E-state index in [9.17, 15) is 0 Å². The molecule has 2 aromatic carbocycles. The Kier molecular flexibility index (Phi) is 5.72. The summed E-state index contributed by atoms with van der Waals surface area (Å²) in [7, 11) is 1.54. The fraction of sp³-hybridized carbons (Fsp3) is 0.278. The van der Waals surface area contributed by atoms with Crippen LogP contribution in [0.5, 0.6) is 17.2 Å². The predicted octanol–water partition coefficient (Wildman–Crippen LogP) is 4.29. The lowest BCUT2D eigenvalue weighted by Gasteiger charge is -2.12. The molecule has 0 atom stereocenters. The lowest BCUT2D eigenvalue weighted by molar-refractivity contribution is 0.211. The summed E-state index contributed by atoms with van der Waals surface area (Å²) < 4.78 is 16.6. The zero-order valence-corrected chi connectivity index (χ0v) is 14.1. The molecule has 0 aromatic heterocycles. The molecule has 0 aliphatic rings. The van der Waals surface area contributed by atoms with Gasteiger partial charge in [0.05, 0.1) is 18.7 Å². The molecule has 0 unspecified atom stereocenters. The Balaban J connectivity index is 1.92. The van der Waals surface area contributed by atoms with Crippen molar-refractivity contribution in [1.29, 1.82) is 5.26 Å². The van der Waals surface area contributed by atoms with E-state index >= 15 is 0 Å². The molecule has 0 N–H and O–H groups in total. The van der Waals surface area contributed by atoms with Crippen molar-refractivity contribution in [3.05, 3.63) is 52.0 Å².